The summed E-state index contributed by atoms with van der Waals surface area (Å²) in [5, 5.41) is 3.39. The van der Waals surface area contributed by atoms with Crippen LogP contribution in [-0.2, 0) is 24.2 Å². The first-order valence-corrected chi connectivity index (χ1v) is 10.6. The Morgan fingerprint density at radius 2 is 2.10 bits per heavy atom. The number of thiophene rings is 1. The number of hydrogen-bond acceptors (Lipinski definition) is 5. The van der Waals surface area contributed by atoms with Crippen molar-refractivity contribution in [3.8, 4) is 0 Å². The van der Waals surface area contributed by atoms with Gasteiger partial charge in [-0.25, -0.2) is 4.98 Å². The van der Waals surface area contributed by atoms with Crippen LogP contribution in [0.3, 0.4) is 0 Å². The summed E-state index contributed by atoms with van der Waals surface area (Å²) in [6, 6.07) is 0. The molecule has 6 nitrogen and oxygen atoms in total. The Balaban J connectivity index is 1.49. The van der Waals surface area contributed by atoms with E-state index in [9.17, 15) is 22.8 Å². The van der Waals surface area contributed by atoms with Crippen LogP contribution in [0.25, 0.3) is 10.2 Å². The third kappa shape index (κ3) is 5.79. The molecular weight excluding hydrogens is 405 g/mol. The third-order valence-electron chi connectivity index (χ3n) is 5.01. The highest BCUT2D eigenvalue weighted by Gasteiger charge is 2.28. The van der Waals surface area contributed by atoms with E-state index in [0.717, 1.165) is 36.1 Å². The summed E-state index contributed by atoms with van der Waals surface area (Å²) in [5.41, 5.74) is 1.02. The number of halogens is 3. The van der Waals surface area contributed by atoms with E-state index in [1.165, 1.54) is 27.7 Å². The van der Waals surface area contributed by atoms with Crippen LogP contribution in [-0.4, -0.2) is 53.2 Å². The van der Waals surface area contributed by atoms with Crippen LogP contribution in [0.1, 0.15) is 36.1 Å². The van der Waals surface area contributed by atoms with Gasteiger partial charge in [0.2, 0.25) is 5.91 Å². The maximum atomic E-state index is 12.8. The molecule has 2 aromatic rings. The average Bonchev–Trinajstić information content (AvgIpc) is 3.02. The second-order valence-corrected chi connectivity index (χ2v) is 8.52. The Morgan fingerprint density at radius 3 is 2.86 bits per heavy atom. The smallest absolute Gasteiger partial charge is 0.356 e. The molecule has 0 spiro atoms. The van der Waals surface area contributed by atoms with E-state index in [2.05, 4.69) is 10.3 Å². The van der Waals surface area contributed by atoms with Crippen molar-refractivity contribution in [1.82, 2.24) is 19.8 Å². The van der Waals surface area contributed by atoms with Crippen LogP contribution in [0.4, 0.5) is 13.2 Å². The standard InChI is InChI=1S/C19H25F3N4O2S/c1-25(11-19(20,21)22)9-4-8-23-15(27)7-10-26-12-24-17-16(18(26)28)13-5-2-3-6-14(13)29-17/h12H,2-11H2,1H3,(H,23,27). The van der Waals surface area contributed by atoms with E-state index < -0.39 is 12.7 Å². The van der Waals surface area contributed by atoms with E-state index >= 15 is 0 Å². The molecule has 2 heterocycles. The quantitative estimate of drug-likeness (QED) is 0.654. The number of rotatable bonds is 8. The van der Waals surface area contributed by atoms with Crippen molar-refractivity contribution in [2.45, 2.75) is 51.2 Å². The van der Waals surface area contributed by atoms with Gasteiger partial charge in [-0.1, -0.05) is 0 Å². The lowest BCUT2D eigenvalue weighted by molar-refractivity contribution is -0.143. The Hall–Kier alpha value is -1.94. The van der Waals surface area contributed by atoms with Gasteiger partial charge in [0, 0.05) is 24.4 Å². The topological polar surface area (TPSA) is 67.2 Å². The number of alkyl halides is 3. The van der Waals surface area contributed by atoms with E-state index in [1.54, 1.807) is 11.3 Å². The van der Waals surface area contributed by atoms with E-state index in [4.69, 9.17) is 0 Å². The molecule has 29 heavy (non-hydrogen) atoms. The zero-order chi connectivity index (χ0) is 21.0. The van der Waals surface area contributed by atoms with Crippen molar-refractivity contribution in [2.75, 3.05) is 26.7 Å². The monoisotopic (exact) mass is 430 g/mol. The molecule has 0 unspecified atom stereocenters. The summed E-state index contributed by atoms with van der Waals surface area (Å²) in [4.78, 5) is 32.4. The van der Waals surface area contributed by atoms with Crippen molar-refractivity contribution in [2.24, 2.45) is 0 Å². The summed E-state index contributed by atoms with van der Waals surface area (Å²) in [6.07, 6.45) is 1.93. The van der Waals surface area contributed by atoms with Crippen molar-refractivity contribution in [1.29, 1.82) is 0 Å². The number of aryl methyl sites for hydroxylation is 3. The molecule has 1 N–H and O–H groups in total. The van der Waals surface area contributed by atoms with Gasteiger partial charge in [0.15, 0.2) is 0 Å². The first kappa shape index (κ1) is 21.8. The Labute approximate surface area is 170 Å². The second-order valence-electron chi connectivity index (χ2n) is 7.44. The lowest BCUT2D eigenvalue weighted by atomic mass is 9.97. The third-order valence-corrected chi connectivity index (χ3v) is 6.21. The van der Waals surface area contributed by atoms with Gasteiger partial charge in [0.1, 0.15) is 4.83 Å². The van der Waals surface area contributed by atoms with E-state index in [-0.39, 0.29) is 31.0 Å². The first-order chi connectivity index (χ1) is 13.7. The molecule has 160 valence electrons. The fourth-order valence-electron chi connectivity index (χ4n) is 3.61. The molecule has 0 atom stereocenters. The average molecular weight is 430 g/mol. The number of nitrogens with one attached hydrogen (secondary N) is 1. The van der Waals surface area contributed by atoms with Gasteiger partial charge in [-0.2, -0.15) is 13.2 Å². The van der Waals surface area contributed by atoms with Crippen LogP contribution >= 0.6 is 11.3 Å². The second kappa shape index (κ2) is 9.25. The first-order valence-electron chi connectivity index (χ1n) is 9.76. The number of aromatic nitrogens is 2. The number of carbonyl (C=O) groups is 1. The summed E-state index contributed by atoms with van der Waals surface area (Å²) in [7, 11) is 1.40. The molecule has 1 aliphatic carbocycles. The van der Waals surface area contributed by atoms with Crippen LogP contribution in [0.15, 0.2) is 11.1 Å². The minimum absolute atomic E-state index is 0.101. The van der Waals surface area contributed by atoms with Crippen LogP contribution in [0, 0.1) is 0 Å². The highest BCUT2D eigenvalue weighted by atomic mass is 32.1. The SMILES string of the molecule is CN(CCCNC(=O)CCn1cnc2sc3c(c2c1=O)CCCC3)CC(F)(F)F. The molecule has 1 amide bonds. The molecule has 0 saturated heterocycles. The maximum Gasteiger partial charge on any atom is 0.401 e. The predicted octanol–water partition coefficient (Wildman–Crippen LogP) is 2.73. The summed E-state index contributed by atoms with van der Waals surface area (Å²) >= 11 is 1.59. The minimum Gasteiger partial charge on any atom is -0.356 e. The van der Waals surface area contributed by atoms with Crippen LogP contribution in [0.2, 0.25) is 0 Å². The van der Waals surface area contributed by atoms with Gasteiger partial charge < -0.3 is 5.32 Å². The fraction of sp³-hybridized carbons (Fsp3) is 0.632. The molecule has 0 aliphatic heterocycles. The minimum atomic E-state index is -4.22. The predicted molar refractivity (Wildman–Crippen MR) is 106 cm³/mol. The molecule has 0 bridgehead atoms. The highest BCUT2D eigenvalue weighted by molar-refractivity contribution is 7.18. The fourth-order valence-corrected chi connectivity index (χ4v) is 4.83. The van der Waals surface area contributed by atoms with Crippen LogP contribution in [0.5, 0.6) is 0 Å². The molecule has 2 aromatic heterocycles. The number of amides is 1. The lowest BCUT2D eigenvalue weighted by Gasteiger charge is -2.18. The zero-order valence-electron chi connectivity index (χ0n) is 16.3. The molecule has 0 fully saturated rings. The van der Waals surface area contributed by atoms with Gasteiger partial charge in [0.25, 0.3) is 5.56 Å². The molecule has 0 aromatic carbocycles. The van der Waals surface area contributed by atoms with Gasteiger partial charge in [0.05, 0.1) is 18.3 Å². The lowest BCUT2D eigenvalue weighted by Crippen LogP contribution is -2.34. The molecule has 1 aliphatic rings. The molecule has 0 saturated carbocycles. The zero-order valence-corrected chi connectivity index (χ0v) is 17.2. The molecule has 3 rings (SSSR count). The Bertz CT molecular complexity index is 923. The van der Waals surface area contributed by atoms with Gasteiger partial charge >= 0.3 is 6.18 Å². The molecular formula is C19H25F3N4O2S. The van der Waals surface area contributed by atoms with Gasteiger partial charge in [-0.15, -0.1) is 11.3 Å². The van der Waals surface area contributed by atoms with Crippen LogP contribution < -0.4 is 10.9 Å². The molecule has 10 heteroatoms. The van der Waals surface area contributed by atoms with Crippen molar-refractivity contribution < 1.29 is 18.0 Å². The maximum absolute atomic E-state index is 12.8. The molecule has 0 radical (unpaired) electrons. The van der Waals surface area contributed by atoms with Crippen molar-refractivity contribution >= 4 is 27.5 Å². The Kier molecular flexibility index (Phi) is 6.94. The Morgan fingerprint density at radius 1 is 1.34 bits per heavy atom. The van der Waals surface area contributed by atoms with Crippen molar-refractivity contribution in [3.63, 3.8) is 0 Å². The largest absolute Gasteiger partial charge is 0.401 e. The number of hydrogen-bond donors (Lipinski definition) is 1. The van der Waals surface area contributed by atoms with Gasteiger partial charge in [-0.05, 0) is 51.3 Å². The summed E-state index contributed by atoms with van der Waals surface area (Å²) in [6.45, 7) is -0.202. The van der Waals surface area contributed by atoms with Crippen molar-refractivity contribution in [3.05, 3.63) is 27.1 Å². The summed E-state index contributed by atoms with van der Waals surface area (Å²) < 4.78 is 38.3. The number of carbonyl (C=O) groups excluding carboxylic acids is 1. The highest BCUT2D eigenvalue weighted by Crippen LogP contribution is 2.33. The van der Waals surface area contributed by atoms with E-state index in [1.807, 2.05) is 0 Å². The van der Waals surface area contributed by atoms with E-state index in [0.29, 0.717) is 18.4 Å². The number of fused-ring (bicyclic) bond motifs is 3. The van der Waals surface area contributed by atoms with Gasteiger partial charge in [-0.3, -0.25) is 19.1 Å². The normalized spacial score (nSPS) is 14.4. The number of nitrogens with zero attached hydrogens (tertiary/aromatic N) is 3. The summed E-state index contributed by atoms with van der Waals surface area (Å²) in [5.74, 6) is -0.234.